The van der Waals surface area contributed by atoms with Crippen LogP contribution >= 0.6 is 0 Å². The molecule has 0 saturated carbocycles. The molecule has 0 saturated heterocycles. The zero-order chi connectivity index (χ0) is 26.2. The molecular weight excluding hydrogens is 502 g/mol. The Morgan fingerprint density at radius 1 is 1.22 bits per heavy atom. The van der Waals surface area contributed by atoms with E-state index in [4.69, 9.17) is 4.74 Å². The summed E-state index contributed by atoms with van der Waals surface area (Å²) >= 11 is 0. The third kappa shape index (κ3) is 4.76. The van der Waals surface area contributed by atoms with E-state index in [1.54, 1.807) is 16.9 Å². The second kappa shape index (κ2) is 9.52. The summed E-state index contributed by atoms with van der Waals surface area (Å²) < 4.78 is 61.5. The second-order valence-corrected chi connectivity index (χ2v) is 8.55. The highest BCUT2D eigenvalue weighted by atomic mass is 19.4. The molecule has 5 rings (SSSR count). The molecule has 3 N–H and O–H groups in total. The Balaban J connectivity index is 1.41. The zero-order valence-electron chi connectivity index (χ0n) is 19.3. The SMILES string of the molecule is O=C=C1Cc2ccnn2CC[N+]1(C(=O)OCc1ccc(OC(F)(F)F)c(F)c1)N1NC2=C(CNCC2)N1. The minimum Gasteiger partial charge on any atom is -0.413 e. The van der Waals surface area contributed by atoms with Crippen LogP contribution in [0.3, 0.4) is 0 Å². The van der Waals surface area contributed by atoms with Crippen molar-refractivity contribution in [3.05, 3.63) is 64.6 Å². The average molecular weight is 524 g/mol. The molecule has 0 radical (unpaired) electrons. The van der Waals surface area contributed by atoms with Gasteiger partial charge in [-0.05, 0) is 23.8 Å². The first kappa shape index (κ1) is 24.8. The fourth-order valence-electron chi connectivity index (χ4n) is 4.47. The second-order valence-electron chi connectivity index (χ2n) is 8.55. The summed E-state index contributed by atoms with van der Waals surface area (Å²) in [4.78, 5) is 25.9. The number of carbonyl (C=O) groups excluding carboxylic acids is 2. The molecule has 1 unspecified atom stereocenters. The molecule has 4 heterocycles. The molecule has 3 aliphatic heterocycles. The quantitative estimate of drug-likeness (QED) is 0.313. The van der Waals surface area contributed by atoms with E-state index in [2.05, 4.69) is 26.0 Å². The van der Waals surface area contributed by atoms with Crippen molar-refractivity contribution in [2.75, 3.05) is 19.6 Å². The van der Waals surface area contributed by atoms with Crippen molar-refractivity contribution in [2.45, 2.75) is 32.4 Å². The Bertz CT molecular complexity index is 1290. The lowest BCUT2D eigenvalue weighted by Crippen LogP contribution is -2.69. The number of hydrogen-bond acceptors (Lipinski definition) is 9. The summed E-state index contributed by atoms with van der Waals surface area (Å²) in [5.74, 6) is -0.373. The summed E-state index contributed by atoms with van der Waals surface area (Å²) in [5, 5.41) is 8.84. The zero-order valence-corrected chi connectivity index (χ0v) is 19.3. The smallest absolute Gasteiger partial charge is 0.413 e. The number of hydrazine groups is 2. The molecule has 2 aromatic rings. The van der Waals surface area contributed by atoms with Crippen LogP contribution in [0.15, 0.2) is 47.6 Å². The number of benzene rings is 1. The van der Waals surface area contributed by atoms with E-state index >= 15 is 0 Å². The van der Waals surface area contributed by atoms with E-state index in [1.165, 1.54) is 5.23 Å². The Morgan fingerprint density at radius 3 is 2.76 bits per heavy atom. The third-order valence-corrected chi connectivity index (χ3v) is 6.28. The Kier molecular flexibility index (Phi) is 6.37. The minimum absolute atomic E-state index is 0.0266. The van der Waals surface area contributed by atoms with Crippen LogP contribution in [0.25, 0.3) is 0 Å². The summed E-state index contributed by atoms with van der Waals surface area (Å²) in [5.41, 5.74) is 8.75. The maximum Gasteiger partial charge on any atom is 0.573 e. The van der Waals surface area contributed by atoms with Gasteiger partial charge in [-0.1, -0.05) is 10.7 Å². The van der Waals surface area contributed by atoms with Crippen molar-refractivity contribution in [2.24, 2.45) is 0 Å². The summed E-state index contributed by atoms with van der Waals surface area (Å²) in [6.07, 6.45) is -3.63. The molecular formula is C22H22F4N7O4+. The number of nitrogens with one attached hydrogen (secondary N) is 3. The lowest BCUT2D eigenvalue weighted by atomic mass is 10.2. The first-order chi connectivity index (χ1) is 17.7. The fraction of sp³-hybridized carbons (Fsp3) is 0.364. The lowest BCUT2D eigenvalue weighted by molar-refractivity contribution is -0.953. The molecule has 0 fully saturated rings. The number of fused-ring (bicyclic) bond motifs is 1. The van der Waals surface area contributed by atoms with E-state index < -0.39 is 35.2 Å². The van der Waals surface area contributed by atoms with Crippen LogP contribution in [-0.2, 0) is 29.1 Å². The maximum absolute atomic E-state index is 14.2. The Morgan fingerprint density at radius 2 is 2.03 bits per heavy atom. The molecule has 3 aliphatic rings. The number of nitrogens with zero attached hydrogens (tertiary/aromatic N) is 4. The van der Waals surface area contributed by atoms with Crippen molar-refractivity contribution >= 4 is 12.0 Å². The first-order valence-corrected chi connectivity index (χ1v) is 11.3. The van der Waals surface area contributed by atoms with Gasteiger partial charge in [-0.15, -0.1) is 13.2 Å². The number of amides is 1. The molecule has 37 heavy (non-hydrogen) atoms. The molecule has 1 aromatic carbocycles. The van der Waals surface area contributed by atoms with Gasteiger partial charge in [0.05, 0.1) is 29.6 Å². The molecule has 1 amide bonds. The lowest BCUT2D eigenvalue weighted by Gasteiger charge is -2.37. The van der Waals surface area contributed by atoms with Crippen LogP contribution < -0.4 is 20.9 Å². The number of carbonyl (C=O) groups is 1. The van der Waals surface area contributed by atoms with E-state index in [-0.39, 0.29) is 30.8 Å². The van der Waals surface area contributed by atoms with Crippen LogP contribution in [0.5, 0.6) is 5.75 Å². The number of hydrogen-bond donors (Lipinski definition) is 3. The number of quaternary nitrogens is 1. The highest BCUT2D eigenvalue weighted by molar-refractivity contribution is 5.65. The Hall–Kier alpha value is -3.91. The van der Waals surface area contributed by atoms with Crippen LogP contribution in [-0.4, -0.2) is 57.6 Å². The number of halogens is 4. The first-order valence-electron chi connectivity index (χ1n) is 11.3. The van der Waals surface area contributed by atoms with Crippen LogP contribution in [0.2, 0.25) is 0 Å². The van der Waals surface area contributed by atoms with E-state index in [1.807, 2.05) is 5.94 Å². The van der Waals surface area contributed by atoms with Crippen molar-refractivity contribution in [3.63, 3.8) is 0 Å². The van der Waals surface area contributed by atoms with Crippen molar-refractivity contribution in [1.82, 2.24) is 31.2 Å². The van der Waals surface area contributed by atoms with Gasteiger partial charge in [0.1, 0.15) is 13.2 Å². The molecule has 0 spiro atoms. The number of aromatic nitrogens is 2. The standard InChI is InChI=1S/C22H22F4N7O4/c23-17-9-14(1-2-20(17)37-22(24,25)26)13-36-21(35)33(32-29-18-4-5-27-11-19(18)30-32)8-7-31-15(3-6-28-31)10-16(33)12-34/h1-3,6,9,27,29-30H,4-5,7-8,10-11,13H2/q+1. The number of alkyl halides is 3. The van der Waals surface area contributed by atoms with Gasteiger partial charge in [0.25, 0.3) is 0 Å². The minimum atomic E-state index is -5.05. The highest BCUT2D eigenvalue weighted by Gasteiger charge is 2.55. The summed E-state index contributed by atoms with van der Waals surface area (Å²) in [6, 6.07) is 4.46. The fourth-order valence-corrected chi connectivity index (χ4v) is 4.47. The monoisotopic (exact) mass is 524 g/mol. The van der Waals surface area contributed by atoms with Gasteiger partial charge < -0.3 is 14.8 Å². The normalized spacial score (nSPS) is 21.8. The molecule has 0 bridgehead atoms. The van der Waals surface area contributed by atoms with Gasteiger partial charge in [0, 0.05) is 31.4 Å². The number of rotatable bonds is 4. The average Bonchev–Trinajstić information content (AvgIpc) is 3.46. The van der Waals surface area contributed by atoms with Crippen LogP contribution in [0.4, 0.5) is 22.4 Å². The van der Waals surface area contributed by atoms with E-state index in [9.17, 15) is 27.2 Å². The highest BCUT2D eigenvalue weighted by Crippen LogP contribution is 2.31. The van der Waals surface area contributed by atoms with Crippen LogP contribution in [0, 0.1) is 5.82 Å². The number of ether oxygens (including phenoxy) is 2. The van der Waals surface area contributed by atoms with Gasteiger partial charge >= 0.3 is 12.5 Å². The van der Waals surface area contributed by atoms with Crippen molar-refractivity contribution in [3.8, 4) is 5.75 Å². The predicted molar refractivity (Wildman–Crippen MR) is 116 cm³/mol. The van der Waals surface area contributed by atoms with Gasteiger partial charge in [-0.25, -0.2) is 9.18 Å². The van der Waals surface area contributed by atoms with Crippen LogP contribution in [0.1, 0.15) is 17.7 Å². The Labute approximate surface area is 207 Å². The molecule has 1 aromatic heterocycles. The van der Waals surface area contributed by atoms with Gasteiger partial charge in [0.15, 0.2) is 17.5 Å². The van der Waals surface area contributed by atoms with Gasteiger partial charge in [-0.3, -0.25) is 15.5 Å². The summed E-state index contributed by atoms with van der Waals surface area (Å²) in [6.45, 7) is 1.04. The molecule has 1 atom stereocenters. The summed E-state index contributed by atoms with van der Waals surface area (Å²) in [7, 11) is 0. The molecule has 11 nitrogen and oxygen atoms in total. The molecule has 15 heteroatoms. The largest absolute Gasteiger partial charge is 0.573 e. The maximum atomic E-state index is 14.2. The van der Waals surface area contributed by atoms with Gasteiger partial charge in [0.2, 0.25) is 5.70 Å². The van der Waals surface area contributed by atoms with Crippen molar-refractivity contribution in [1.29, 1.82) is 0 Å². The van der Waals surface area contributed by atoms with E-state index in [0.29, 0.717) is 18.7 Å². The van der Waals surface area contributed by atoms with E-state index in [0.717, 1.165) is 36.1 Å². The predicted octanol–water partition coefficient (Wildman–Crippen LogP) is 1.79. The molecule has 0 aliphatic carbocycles. The van der Waals surface area contributed by atoms with Crippen molar-refractivity contribution < 1.29 is 41.2 Å². The van der Waals surface area contributed by atoms with Gasteiger partial charge in [-0.2, -0.15) is 9.89 Å². The topological polar surface area (TPSA) is 110 Å². The number of allylic oxidation sites excluding steroid dienone is 1. The molecule has 196 valence electrons. The third-order valence-electron chi connectivity index (χ3n) is 6.28.